The van der Waals surface area contributed by atoms with E-state index >= 15 is 0 Å². The zero-order chi connectivity index (χ0) is 16.2. The molecular weight excluding hydrogens is 342 g/mol. The van der Waals surface area contributed by atoms with Gasteiger partial charge in [0.15, 0.2) is 0 Å². The van der Waals surface area contributed by atoms with Gasteiger partial charge in [-0.2, -0.15) is 11.8 Å². The van der Waals surface area contributed by atoms with Gasteiger partial charge in [-0.1, -0.05) is 23.7 Å². The van der Waals surface area contributed by atoms with Gasteiger partial charge in [0.25, 0.3) is 0 Å². The molecule has 1 aliphatic heterocycles. The van der Waals surface area contributed by atoms with Gasteiger partial charge in [0, 0.05) is 4.90 Å². The van der Waals surface area contributed by atoms with Crippen molar-refractivity contribution >= 4 is 47.0 Å². The monoisotopic (exact) mass is 359 g/mol. The van der Waals surface area contributed by atoms with Crippen LogP contribution in [0.15, 0.2) is 29.2 Å². The van der Waals surface area contributed by atoms with E-state index in [0.717, 1.165) is 16.4 Å². The highest BCUT2D eigenvalue weighted by atomic mass is 35.5. The van der Waals surface area contributed by atoms with Crippen molar-refractivity contribution in [1.29, 1.82) is 0 Å². The van der Waals surface area contributed by atoms with Crippen LogP contribution in [0.1, 0.15) is 19.8 Å². The Kier molecular flexibility index (Phi) is 6.06. The van der Waals surface area contributed by atoms with Crippen LogP contribution in [0.4, 0.5) is 0 Å². The van der Waals surface area contributed by atoms with Gasteiger partial charge in [0.05, 0.1) is 10.3 Å². The van der Waals surface area contributed by atoms with Crippen LogP contribution in [-0.4, -0.2) is 39.3 Å². The van der Waals surface area contributed by atoms with Crippen molar-refractivity contribution in [3.63, 3.8) is 0 Å². The van der Waals surface area contributed by atoms with Crippen LogP contribution < -0.4 is 5.32 Å². The summed E-state index contributed by atoms with van der Waals surface area (Å²) in [6, 6.07) is 7.30. The number of hydrogen-bond acceptors (Lipinski definition) is 4. The number of carbonyl (C=O) groups excluding carboxylic acids is 1. The van der Waals surface area contributed by atoms with E-state index in [2.05, 4.69) is 5.32 Å². The van der Waals surface area contributed by atoms with E-state index in [0.29, 0.717) is 17.9 Å². The van der Waals surface area contributed by atoms with Crippen LogP contribution in [0.3, 0.4) is 0 Å². The van der Waals surface area contributed by atoms with Gasteiger partial charge in [-0.05, 0) is 43.4 Å². The molecule has 0 radical (unpaired) electrons. The van der Waals surface area contributed by atoms with E-state index in [1.807, 2.05) is 18.2 Å². The number of rotatable bonds is 5. The molecule has 0 aromatic heterocycles. The van der Waals surface area contributed by atoms with E-state index in [1.54, 1.807) is 24.8 Å². The predicted molar refractivity (Wildman–Crippen MR) is 91.8 cm³/mol. The minimum absolute atomic E-state index is 0.265. The molecule has 1 saturated heterocycles. The molecule has 7 heteroatoms. The molecule has 1 atom stereocenters. The van der Waals surface area contributed by atoms with E-state index in [4.69, 9.17) is 11.6 Å². The molecule has 0 bridgehead atoms. The third-order valence-electron chi connectivity index (χ3n) is 3.63. The fourth-order valence-corrected chi connectivity index (χ4v) is 4.58. The van der Waals surface area contributed by atoms with Gasteiger partial charge < -0.3 is 10.4 Å². The lowest BCUT2D eigenvalue weighted by atomic mass is 9.92. The Labute approximate surface area is 143 Å². The van der Waals surface area contributed by atoms with Crippen LogP contribution in [0.25, 0.3) is 0 Å². The molecule has 1 aromatic rings. The number of aliphatic carboxylic acids is 1. The molecule has 1 unspecified atom stereocenters. The number of halogens is 1. The second-order valence-corrected chi connectivity index (χ2v) is 8.19. The molecule has 1 amide bonds. The third kappa shape index (κ3) is 4.12. The summed E-state index contributed by atoms with van der Waals surface area (Å²) in [5.74, 6) is 0.285. The number of carboxylic acids is 1. The van der Waals surface area contributed by atoms with Gasteiger partial charge in [0.2, 0.25) is 5.91 Å². The van der Waals surface area contributed by atoms with Gasteiger partial charge in [-0.25, -0.2) is 4.79 Å². The first-order chi connectivity index (χ1) is 10.4. The van der Waals surface area contributed by atoms with E-state index < -0.39 is 16.8 Å². The summed E-state index contributed by atoms with van der Waals surface area (Å²) >= 11 is 9.15. The molecule has 120 valence electrons. The van der Waals surface area contributed by atoms with E-state index in [-0.39, 0.29) is 5.91 Å². The largest absolute Gasteiger partial charge is 0.480 e. The number of carbonyl (C=O) groups is 2. The molecule has 2 rings (SSSR count). The van der Waals surface area contributed by atoms with Crippen LogP contribution in [0.5, 0.6) is 0 Å². The standard InChI is InChI=1S/C15H18ClNO3S2/c1-10(22-12-5-3-2-4-11(12)16)13(18)17-15(14(19)20)6-8-21-9-7-15/h2-5,10H,6-9H2,1H3,(H,17,18)(H,19,20). The topological polar surface area (TPSA) is 66.4 Å². The zero-order valence-corrected chi connectivity index (χ0v) is 14.6. The first kappa shape index (κ1) is 17.5. The first-order valence-electron chi connectivity index (χ1n) is 6.99. The van der Waals surface area contributed by atoms with Crippen molar-refractivity contribution in [2.45, 2.75) is 35.4 Å². The SMILES string of the molecule is CC(Sc1ccccc1Cl)C(=O)NC1(C(=O)O)CCSCC1. The van der Waals surface area contributed by atoms with Gasteiger partial charge in [-0.3, -0.25) is 4.79 Å². The Morgan fingerprint density at radius 1 is 1.36 bits per heavy atom. The Bertz CT molecular complexity index is 561. The lowest BCUT2D eigenvalue weighted by molar-refractivity contribution is -0.148. The Morgan fingerprint density at radius 3 is 2.59 bits per heavy atom. The van der Waals surface area contributed by atoms with Crippen molar-refractivity contribution in [1.82, 2.24) is 5.32 Å². The van der Waals surface area contributed by atoms with Gasteiger partial charge in [-0.15, -0.1) is 11.8 Å². The molecule has 0 aliphatic carbocycles. The highest BCUT2D eigenvalue weighted by Crippen LogP contribution is 2.32. The Hall–Kier alpha value is -0.850. The summed E-state index contributed by atoms with van der Waals surface area (Å²) in [5, 5.41) is 12.4. The number of amides is 1. The lowest BCUT2D eigenvalue weighted by Gasteiger charge is -2.34. The van der Waals surface area contributed by atoms with E-state index in [9.17, 15) is 14.7 Å². The summed E-state index contributed by atoms with van der Waals surface area (Å²) in [4.78, 5) is 24.8. The van der Waals surface area contributed by atoms with Crippen molar-refractivity contribution in [3.05, 3.63) is 29.3 Å². The number of nitrogens with one attached hydrogen (secondary N) is 1. The normalized spacial score (nSPS) is 18.5. The lowest BCUT2D eigenvalue weighted by Crippen LogP contribution is -2.58. The van der Waals surface area contributed by atoms with Crippen LogP contribution in [-0.2, 0) is 9.59 Å². The van der Waals surface area contributed by atoms with Crippen molar-refractivity contribution < 1.29 is 14.7 Å². The Morgan fingerprint density at radius 2 is 2.00 bits per heavy atom. The number of thioether (sulfide) groups is 2. The highest BCUT2D eigenvalue weighted by molar-refractivity contribution is 8.00. The second kappa shape index (κ2) is 7.62. The summed E-state index contributed by atoms with van der Waals surface area (Å²) in [6.45, 7) is 1.76. The molecule has 1 heterocycles. The molecule has 0 spiro atoms. The molecule has 4 nitrogen and oxygen atoms in total. The molecular formula is C15H18ClNO3S2. The van der Waals surface area contributed by atoms with Crippen LogP contribution in [0.2, 0.25) is 5.02 Å². The smallest absolute Gasteiger partial charge is 0.329 e. The van der Waals surface area contributed by atoms with Crippen molar-refractivity contribution in [2.24, 2.45) is 0 Å². The van der Waals surface area contributed by atoms with Gasteiger partial charge in [0.1, 0.15) is 5.54 Å². The maximum absolute atomic E-state index is 12.4. The summed E-state index contributed by atoms with van der Waals surface area (Å²) in [6.07, 6.45) is 0.921. The Balaban J connectivity index is 2.04. The maximum Gasteiger partial charge on any atom is 0.329 e. The van der Waals surface area contributed by atoms with Crippen LogP contribution in [0, 0.1) is 0 Å². The van der Waals surface area contributed by atoms with Crippen molar-refractivity contribution in [3.8, 4) is 0 Å². The minimum Gasteiger partial charge on any atom is -0.480 e. The molecule has 22 heavy (non-hydrogen) atoms. The second-order valence-electron chi connectivity index (χ2n) is 5.18. The average molecular weight is 360 g/mol. The first-order valence-corrected chi connectivity index (χ1v) is 9.40. The molecule has 1 fully saturated rings. The minimum atomic E-state index is -1.13. The van der Waals surface area contributed by atoms with Gasteiger partial charge >= 0.3 is 5.97 Å². The third-order valence-corrected chi connectivity index (χ3v) is 6.23. The fourth-order valence-electron chi connectivity index (χ4n) is 2.23. The highest BCUT2D eigenvalue weighted by Gasteiger charge is 2.42. The molecule has 2 N–H and O–H groups in total. The zero-order valence-electron chi connectivity index (χ0n) is 12.2. The van der Waals surface area contributed by atoms with Crippen LogP contribution >= 0.6 is 35.1 Å². The average Bonchev–Trinajstić information content (AvgIpc) is 2.50. The number of carboxylic acid groups (broad SMARTS) is 1. The molecule has 1 aliphatic rings. The molecule has 0 saturated carbocycles. The molecule has 1 aromatic carbocycles. The summed E-state index contributed by atoms with van der Waals surface area (Å²) < 4.78 is 0. The maximum atomic E-state index is 12.4. The predicted octanol–water partition coefficient (Wildman–Crippen LogP) is 3.29. The quantitative estimate of drug-likeness (QED) is 0.790. The summed E-state index contributed by atoms with van der Waals surface area (Å²) in [7, 11) is 0. The number of hydrogen-bond donors (Lipinski definition) is 2. The van der Waals surface area contributed by atoms with Crippen molar-refractivity contribution in [2.75, 3.05) is 11.5 Å². The summed E-state index contributed by atoms with van der Waals surface area (Å²) in [5.41, 5.74) is -1.13. The fraction of sp³-hybridized carbons (Fsp3) is 0.467. The number of benzene rings is 1. The van der Waals surface area contributed by atoms with E-state index in [1.165, 1.54) is 11.8 Å².